The van der Waals surface area contributed by atoms with Crippen molar-refractivity contribution in [3.05, 3.63) is 22.7 Å². The normalized spacial score (nSPS) is 17.7. The van der Waals surface area contributed by atoms with Crippen LogP contribution in [0.2, 0.25) is 5.02 Å². The van der Waals surface area contributed by atoms with E-state index in [-0.39, 0.29) is 5.91 Å². The second kappa shape index (κ2) is 4.11. The third-order valence-electron chi connectivity index (χ3n) is 2.77. The number of carbonyl (C=O) groups excluding carboxylic acids is 1. The minimum absolute atomic E-state index is 0.105. The van der Waals surface area contributed by atoms with Crippen LogP contribution in [0.3, 0.4) is 0 Å². The van der Waals surface area contributed by atoms with Gasteiger partial charge in [-0.25, -0.2) is 0 Å². The van der Waals surface area contributed by atoms with Crippen LogP contribution in [0.5, 0.6) is 11.5 Å². The Morgan fingerprint density at radius 3 is 2.82 bits per heavy atom. The van der Waals surface area contributed by atoms with Crippen molar-refractivity contribution in [2.24, 2.45) is 0 Å². The van der Waals surface area contributed by atoms with Gasteiger partial charge in [-0.3, -0.25) is 4.79 Å². The molecular formula is C12H12ClNO3. The quantitative estimate of drug-likeness (QED) is 0.877. The van der Waals surface area contributed by atoms with Crippen molar-refractivity contribution < 1.29 is 14.3 Å². The van der Waals surface area contributed by atoms with Gasteiger partial charge in [0, 0.05) is 11.6 Å². The zero-order valence-corrected chi connectivity index (χ0v) is 9.92. The fourth-order valence-corrected chi connectivity index (χ4v) is 2.00. The van der Waals surface area contributed by atoms with Crippen LogP contribution in [0, 0.1) is 0 Å². The molecule has 0 unspecified atom stereocenters. The van der Waals surface area contributed by atoms with E-state index >= 15 is 0 Å². The van der Waals surface area contributed by atoms with Crippen LogP contribution >= 0.6 is 11.6 Å². The van der Waals surface area contributed by atoms with Crippen molar-refractivity contribution in [3.63, 3.8) is 0 Å². The Labute approximate surface area is 104 Å². The molecule has 1 aliphatic heterocycles. The fraction of sp³-hybridized carbons (Fsp3) is 0.417. The molecule has 0 aromatic heterocycles. The number of fused-ring (bicyclic) bond motifs is 1. The Balaban J connectivity index is 1.89. The third kappa shape index (κ3) is 2.17. The topological polar surface area (TPSA) is 47.6 Å². The first-order valence-corrected chi connectivity index (χ1v) is 6.02. The van der Waals surface area contributed by atoms with E-state index in [1.165, 1.54) is 0 Å². The maximum atomic E-state index is 11.9. The highest BCUT2D eigenvalue weighted by Gasteiger charge is 2.25. The number of benzene rings is 1. The summed E-state index contributed by atoms with van der Waals surface area (Å²) in [5, 5.41) is 3.33. The summed E-state index contributed by atoms with van der Waals surface area (Å²) in [4.78, 5) is 11.9. The number of halogens is 1. The molecule has 1 aliphatic carbocycles. The van der Waals surface area contributed by atoms with E-state index in [9.17, 15) is 4.79 Å². The second-order valence-electron chi connectivity index (χ2n) is 4.23. The monoisotopic (exact) mass is 253 g/mol. The lowest BCUT2D eigenvalue weighted by Crippen LogP contribution is -2.25. The van der Waals surface area contributed by atoms with Crippen LogP contribution in [-0.4, -0.2) is 25.2 Å². The Bertz CT molecular complexity index is 471. The molecule has 1 fully saturated rings. The summed E-state index contributed by atoms with van der Waals surface area (Å²) in [6.45, 7) is 0.970. The molecule has 4 nitrogen and oxygen atoms in total. The molecule has 0 spiro atoms. The summed E-state index contributed by atoms with van der Waals surface area (Å²) in [5.41, 5.74) is 0.520. The summed E-state index contributed by atoms with van der Waals surface area (Å²) in [6.07, 6.45) is 2.12. The lowest BCUT2D eigenvalue weighted by Gasteiger charge is -2.20. The minimum atomic E-state index is -0.105. The van der Waals surface area contributed by atoms with Gasteiger partial charge in [-0.2, -0.15) is 0 Å². The van der Waals surface area contributed by atoms with E-state index in [0.717, 1.165) is 12.8 Å². The molecule has 0 bridgehead atoms. The molecule has 0 atom stereocenters. The van der Waals surface area contributed by atoms with Gasteiger partial charge in [-0.15, -0.1) is 0 Å². The number of ether oxygens (including phenoxy) is 2. The van der Waals surface area contributed by atoms with Gasteiger partial charge in [0.15, 0.2) is 11.5 Å². The molecule has 17 heavy (non-hydrogen) atoms. The van der Waals surface area contributed by atoms with Gasteiger partial charge < -0.3 is 14.8 Å². The molecule has 90 valence electrons. The molecule has 1 amide bonds. The number of hydrogen-bond acceptors (Lipinski definition) is 3. The van der Waals surface area contributed by atoms with Crippen LogP contribution in [0.15, 0.2) is 12.1 Å². The smallest absolute Gasteiger partial charge is 0.251 e. The van der Waals surface area contributed by atoms with Crippen molar-refractivity contribution in [1.82, 2.24) is 5.32 Å². The molecule has 2 aliphatic rings. The average molecular weight is 254 g/mol. The first kappa shape index (κ1) is 10.7. The van der Waals surface area contributed by atoms with Crippen LogP contribution in [0.4, 0.5) is 0 Å². The van der Waals surface area contributed by atoms with E-state index in [1.807, 2.05) is 0 Å². The summed E-state index contributed by atoms with van der Waals surface area (Å²) < 4.78 is 10.8. The van der Waals surface area contributed by atoms with Gasteiger partial charge in [0.1, 0.15) is 13.2 Å². The molecular weight excluding hydrogens is 242 g/mol. The number of nitrogens with one attached hydrogen (secondary N) is 1. The summed E-state index contributed by atoms with van der Waals surface area (Å²) >= 11 is 6.06. The number of carbonyl (C=O) groups is 1. The lowest BCUT2D eigenvalue weighted by atomic mass is 10.1. The van der Waals surface area contributed by atoms with E-state index < -0.39 is 0 Å². The standard InChI is InChI=1S/C12H12ClNO3/c13-9-5-7(12(15)14-8-1-2-8)6-10-11(9)17-4-3-16-10/h5-6,8H,1-4H2,(H,14,15). The summed E-state index contributed by atoms with van der Waals surface area (Å²) in [7, 11) is 0. The summed E-state index contributed by atoms with van der Waals surface area (Å²) in [5.74, 6) is 0.969. The largest absolute Gasteiger partial charge is 0.486 e. The van der Waals surface area contributed by atoms with Crippen LogP contribution in [0.1, 0.15) is 23.2 Å². The molecule has 3 rings (SSSR count). The van der Waals surface area contributed by atoms with Gasteiger partial charge in [-0.05, 0) is 25.0 Å². The van der Waals surface area contributed by atoms with Crippen molar-refractivity contribution in [3.8, 4) is 11.5 Å². The van der Waals surface area contributed by atoms with Crippen LogP contribution in [-0.2, 0) is 0 Å². The molecule has 0 saturated heterocycles. The van der Waals surface area contributed by atoms with Crippen LogP contribution in [0.25, 0.3) is 0 Å². The SMILES string of the molecule is O=C(NC1CC1)c1cc(Cl)c2c(c1)OCCO2. The van der Waals surface area contributed by atoms with Gasteiger partial charge in [-0.1, -0.05) is 11.6 Å². The van der Waals surface area contributed by atoms with Gasteiger partial charge in [0.2, 0.25) is 0 Å². The number of hydrogen-bond donors (Lipinski definition) is 1. The zero-order chi connectivity index (χ0) is 11.8. The molecule has 1 saturated carbocycles. The predicted octanol–water partition coefficient (Wildman–Crippen LogP) is 2.00. The van der Waals surface area contributed by atoms with Gasteiger partial charge in [0.05, 0.1) is 5.02 Å². The molecule has 5 heteroatoms. The van der Waals surface area contributed by atoms with E-state index in [4.69, 9.17) is 21.1 Å². The van der Waals surface area contributed by atoms with Crippen molar-refractivity contribution in [2.75, 3.05) is 13.2 Å². The summed E-state index contributed by atoms with van der Waals surface area (Å²) in [6, 6.07) is 3.62. The maximum Gasteiger partial charge on any atom is 0.251 e. The maximum absolute atomic E-state index is 11.9. The van der Waals surface area contributed by atoms with Crippen molar-refractivity contribution in [1.29, 1.82) is 0 Å². The Hall–Kier alpha value is -1.42. The average Bonchev–Trinajstić information content (AvgIpc) is 3.13. The van der Waals surface area contributed by atoms with Crippen LogP contribution < -0.4 is 14.8 Å². The molecule has 1 heterocycles. The predicted molar refractivity (Wildman–Crippen MR) is 62.9 cm³/mol. The van der Waals surface area contributed by atoms with Crippen molar-refractivity contribution in [2.45, 2.75) is 18.9 Å². The number of amides is 1. The Morgan fingerprint density at radius 1 is 1.29 bits per heavy atom. The molecule has 0 radical (unpaired) electrons. The lowest BCUT2D eigenvalue weighted by molar-refractivity contribution is 0.0950. The minimum Gasteiger partial charge on any atom is -0.486 e. The highest BCUT2D eigenvalue weighted by atomic mass is 35.5. The fourth-order valence-electron chi connectivity index (χ4n) is 1.74. The Morgan fingerprint density at radius 2 is 2.06 bits per heavy atom. The first-order valence-electron chi connectivity index (χ1n) is 5.64. The zero-order valence-electron chi connectivity index (χ0n) is 9.16. The number of rotatable bonds is 2. The molecule has 1 N–H and O–H groups in total. The van der Waals surface area contributed by atoms with Gasteiger partial charge in [0.25, 0.3) is 5.91 Å². The molecule has 1 aromatic rings. The highest BCUT2D eigenvalue weighted by molar-refractivity contribution is 6.32. The van der Waals surface area contributed by atoms with E-state index in [1.54, 1.807) is 12.1 Å². The second-order valence-corrected chi connectivity index (χ2v) is 4.64. The first-order chi connectivity index (χ1) is 8.24. The molecule has 1 aromatic carbocycles. The van der Waals surface area contributed by atoms with E-state index in [0.29, 0.717) is 41.3 Å². The van der Waals surface area contributed by atoms with E-state index in [2.05, 4.69) is 5.32 Å². The van der Waals surface area contributed by atoms with Crippen molar-refractivity contribution >= 4 is 17.5 Å². The third-order valence-corrected chi connectivity index (χ3v) is 3.05. The van der Waals surface area contributed by atoms with Gasteiger partial charge >= 0.3 is 0 Å². The highest BCUT2D eigenvalue weighted by Crippen LogP contribution is 2.38. The Kier molecular flexibility index (Phi) is 2.59.